The number of aryl methyl sites for hydroxylation is 1. The summed E-state index contributed by atoms with van der Waals surface area (Å²) in [5, 5.41) is 4.85. The van der Waals surface area contributed by atoms with Crippen molar-refractivity contribution in [1.82, 2.24) is 0 Å². The quantitative estimate of drug-likeness (QED) is 0.832. The minimum atomic E-state index is -4.88. The Morgan fingerprint density at radius 3 is 2.28 bits per heavy atom. The van der Waals surface area contributed by atoms with Gasteiger partial charge in [-0.3, -0.25) is 0 Å². The van der Waals surface area contributed by atoms with Gasteiger partial charge in [0.15, 0.2) is 0 Å². The molecule has 25 heavy (non-hydrogen) atoms. The van der Waals surface area contributed by atoms with Crippen molar-refractivity contribution in [2.24, 2.45) is 5.14 Å². The first-order valence-corrected chi connectivity index (χ1v) is 8.64. The van der Waals surface area contributed by atoms with Gasteiger partial charge in [0.05, 0.1) is 10.5 Å². The van der Waals surface area contributed by atoms with Gasteiger partial charge in [-0.1, -0.05) is 12.1 Å². The summed E-state index contributed by atoms with van der Waals surface area (Å²) < 4.78 is 75.8. The van der Waals surface area contributed by atoms with Crippen molar-refractivity contribution >= 4 is 15.7 Å². The van der Waals surface area contributed by atoms with Crippen LogP contribution in [0.25, 0.3) is 0 Å². The van der Waals surface area contributed by atoms with Crippen LogP contribution < -0.4 is 10.0 Å². The third-order valence-electron chi connectivity index (χ3n) is 3.67. The van der Waals surface area contributed by atoms with Crippen LogP contribution >= 0.6 is 0 Å². The second-order valence-corrected chi connectivity index (χ2v) is 7.19. The number of rotatable bonds is 4. The Morgan fingerprint density at radius 1 is 1.12 bits per heavy atom. The SMILES string of the molecule is Cc1ccc(CN(C)c2ccc(S(N)(=O)=O)c(C(F)(F)F)c2)cc1F. The van der Waals surface area contributed by atoms with E-state index in [0.717, 1.165) is 6.07 Å². The minimum absolute atomic E-state index is 0.126. The van der Waals surface area contributed by atoms with Crippen LogP contribution in [-0.2, 0) is 22.7 Å². The van der Waals surface area contributed by atoms with E-state index < -0.39 is 32.5 Å². The largest absolute Gasteiger partial charge is 0.417 e. The number of nitrogens with zero attached hydrogens (tertiary/aromatic N) is 1. The van der Waals surface area contributed by atoms with Crippen LogP contribution in [0, 0.1) is 12.7 Å². The lowest BCUT2D eigenvalue weighted by atomic mass is 10.1. The molecule has 0 spiro atoms. The van der Waals surface area contributed by atoms with E-state index in [1.165, 1.54) is 24.1 Å². The predicted octanol–water partition coefficient (Wildman–Crippen LogP) is 3.44. The van der Waals surface area contributed by atoms with Gasteiger partial charge < -0.3 is 4.90 Å². The number of hydrogen-bond donors (Lipinski definition) is 1. The average Bonchev–Trinajstić information content (AvgIpc) is 2.48. The molecule has 0 fully saturated rings. The van der Waals surface area contributed by atoms with E-state index >= 15 is 0 Å². The van der Waals surface area contributed by atoms with E-state index in [4.69, 9.17) is 5.14 Å². The second kappa shape index (κ2) is 6.64. The molecule has 0 atom stereocenters. The Bertz CT molecular complexity index is 895. The lowest BCUT2D eigenvalue weighted by Crippen LogP contribution is -2.21. The zero-order chi connectivity index (χ0) is 19.0. The second-order valence-electron chi connectivity index (χ2n) is 5.66. The molecule has 136 valence electrons. The lowest BCUT2D eigenvalue weighted by molar-refractivity contribution is -0.139. The van der Waals surface area contributed by atoms with Gasteiger partial charge in [0.1, 0.15) is 5.82 Å². The van der Waals surface area contributed by atoms with Crippen molar-refractivity contribution in [3.8, 4) is 0 Å². The van der Waals surface area contributed by atoms with E-state index in [0.29, 0.717) is 17.2 Å². The van der Waals surface area contributed by atoms with Crippen LogP contribution in [0.5, 0.6) is 0 Å². The van der Waals surface area contributed by atoms with Gasteiger partial charge in [-0.05, 0) is 42.3 Å². The number of primary sulfonamides is 1. The average molecular weight is 376 g/mol. The van der Waals surface area contributed by atoms with E-state index in [-0.39, 0.29) is 12.2 Å². The van der Waals surface area contributed by atoms with Crippen LogP contribution in [-0.4, -0.2) is 15.5 Å². The van der Waals surface area contributed by atoms with Gasteiger partial charge >= 0.3 is 6.18 Å². The monoisotopic (exact) mass is 376 g/mol. The van der Waals surface area contributed by atoms with Crippen molar-refractivity contribution < 1.29 is 26.0 Å². The van der Waals surface area contributed by atoms with Gasteiger partial charge in [0, 0.05) is 19.3 Å². The molecule has 2 aromatic carbocycles. The molecule has 0 saturated heterocycles. The molecule has 0 amide bonds. The van der Waals surface area contributed by atoms with Crippen molar-refractivity contribution in [2.45, 2.75) is 24.5 Å². The number of halogens is 4. The molecule has 0 unspecified atom stereocenters. The number of sulfonamides is 1. The highest BCUT2D eigenvalue weighted by molar-refractivity contribution is 7.89. The van der Waals surface area contributed by atoms with Gasteiger partial charge in [-0.25, -0.2) is 17.9 Å². The van der Waals surface area contributed by atoms with Gasteiger partial charge in [-0.2, -0.15) is 13.2 Å². The van der Waals surface area contributed by atoms with Crippen LogP contribution in [0.2, 0.25) is 0 Å². The van der Waals surface area contributed by atoms with Gasteiger partial charge in [0.25, 0.3) is 0 Å². The maximum atomic E-state index is 13.6. The molecule has 0 aliphatic carbocycles. The fourth-order valence-corrected chi connectivity index (χ4v) is 3.06. The normalized spacial score (nSPS) is 12.3. The zero-order valence-electron chi connectivity index (χ0n) is 13.4. The maximum absolute atomic E-state index is 13.6. The Balaban J connectivity index is 2.40. The first kappa shape index (κ1) is 19.2. The van der Waals surface area contributed by atoms with Crippen molar-refractivity contribution in [1.29, 1.82) is 0 Å². The van der Waals surface area contributed by atoms with Crippen molar-refractivity contribution in [3.05, 3.63) is 58.9 Å². The predicted molar refractivity (Wildman–Crippen MR) is 86.1 cm³/mol. The molecule has 9 heteroatoms. The highest BCUT2D eigenvalue weighted by Crippen LogP contribution is 2.36. The first-order chi connectivity index (χ1) is 11.4. The third kappa shape index (κ3) is 4.49. The lowest BCUT2D eigenvalue weighted by Gasteiger charge is -2.22. The van der Waals surface area contributed by atoms with Crippen molar-refractivity contribution in [2.75, 3.05) is 11.9 Å². The smallest absolute Gasteiger partial charge is 0.370 e. The third-order valence-corrected chi connectivity index (χ3v) is 4.64. The highest BCUT2D eigenvalue weighted by atomic mass is 32.2. The number of nitrogens with two attached hydrogens (primary N) is 1. The van der Waals surface area contributed by atoms with E-state index in [9.17, 15) is 26.0 Å². The van der Waals surface area contributed by atoms with E-state index in [1.807, 2.05) is 0 Å². The maximum Gasteiger partial charge on any atom is 0.417 e. The molecule has 0 aliphatic heterocycles. The summed E-state index contributed by atoms with van der Waals surface area (Å²) in [7, 11) is -3.00. The molecule has 2 rings (SSSR count). The molecular formula is C16H16F4N2O2S. The number of alkyl halides is 3. The van der Waals surface area contributed by atoms with Gasteiger partial charge in [0.2, 0.25) is 10.0 Å². The molecule has 0 radical (unpaired) electrons. The summed E-state index contributed by atoms with van der Waals surface area (Å²) in [6.07, 6.45) is -4.88. The zero-order valence-corrected chi connectivity index (χ0v) is 14.2. The number of hydrogen-bond acceptors (Lipinski definition) is 3. The summed E-state index contributed by atoms with van der Waals surface area (Å²) in [4.78, 5) is 0.463. The Kier molecular flexibility index (Phi) is 5.10. The Labute approximate surface area is 142 Å². The topological polar surface area (TPSA) is 63.4 Å². The minimum Gasteiger partial charge on any atom is -0.370 e. The Hall–Kier alpha value is -2.13. The van der Waals surface area contributed by atoms with Crippen LogP contribution in [0.15, 0.2) is 41.3 Å². The summed E-state index contributed by atoms with van der Waals surface area (Å²) in [5.74, 6) is -0.411. The molecule has 0 saturated carbocycles. The van der Waals surface area contributed by atoms with Crippen LogP contribution in [0.4, 0.5) is 23.2 Å². The van der Waals surface area contributed by atoms with Crippen LogP contribution in [0.3, 0.4) is 0 Å². The fraction of sp³-hybridized carbons (Fsp3) is 0.250. The fourth-order valence-electron chi connectivity index (χ4n) is 2.32. The summed E-state index contributed by atoms with van der Waals surface area (Å²) >= 11 is 0. The van der Waals surface area contributed by atoms with E-state index in [1.54, 1.807) is 19.1 Å². The summed E-state index contributed by atoms with van der Waals surface area (Å²) in [6.45, 7) is 1.74. The molecule has 0 heterocycles. The molecule has 0 aliphatic rings. The number of benzene rings is 2. The summed E-state index contributed by atoms with van der Waals surface area (Å²) in [6, 6.07) is 7.29. The molecule has 0 aromatic heterocycles. The molecule has 4 nitrogen and oxygen atoms in total. The summed E-state index contributed by atoms with van der Waals surface area (Å²) in [5.41, 5.74) is -0.187. The molecule has 2 N–H and O–H groups in total. The highest BCUT2D eigenvalue weighted by Gasteiger charge is 2.36. The van der Waals surface area contributed by atoms with Gasteiger partial charge in [-0.15, -0.1) is 0 Å². The first-order valence-electron chi connectivity index (χ1n) is 7.10. The van der Waals surface area contributed by atoms with Crippen LogP contribution in [0.1, 0.15) is 16.7 Å². The molecular weight excluding hydrogens is 360 g/mol. The van der Waals surface area contributed by atoms with E-state index in [2.05, 4.69) is 0 Å². The standard InChI is InChI=1S/C16H16F4N2O2S/c1-10-3-4-11(7-14(10)17)9-22(2)12-5-6-15(25(21,23)24)13(8-12)16(18,19)20/h3-8H,9H2,1-2H3,(H2,21,23,24). The molecule has 2 aromatic rings. The molecule has 0 bridgehead atoms. The Morgan fingerprint density at radius 2 is 1.76 bits per heavy atom. The van der Waals surface area contributed by atoms with Crippen molar-refractivity contribution in [3.63, 3.8) is 0 Å². The number of anilines is 1.